The van der Waals surface area contributed by atoms with Crippen molar-refractivity contribution in [3.8, 4) is 11.5 Å². The lowest BCUT2D eigenvalue weighted by Gasteiger charge is -1.97. The zero-order valence-corrected chi connectivity index (χ0v) is 9.66. The summed E-state index contributed by atoms with van der Waals surface area (Å²) in [5.41, 5.74) is 1.87. The van der Waals surface area contributed by atoms with E-state index in [0.717, 1.165) is 30.1 Å². The summed E-state index contributed by atoms with van der Waals surface area (Å²) in [6.45, 7) is 3.42. The molecule has 0 aromatic carbocycles. The van der Waals surface area contributed by atoms with Crippen LogP contribution in [0.25, 0.3) is 11.5 Å². The molecule has 2 aromatic heterocycles. The molecule has 3 rings (SSSR count). The quantitative estimate of drug-likeness (QED) is 0.799. The van der Waals surface area contributed by atoms with Crippen LogP contribution < -0.4 is 0 Å². The van der Waals surface area contributed by atoms with Crippen LogP contribution in [0.4, 0.5) is 0 Å². The first kappa shape index (κ1) is 9.92. The molecule has 2 aromatic rings. The number of aryl methyl sites for hydroxylation is 1. The van der Waals surface area contributed by atoms with E-state index in [4.69, 9.17) is 9.26 Å². The van der Waals surface area contributed by atoms with Gasteiger partial charge in [-0.3, -0.25) is 0 Å². The third-order valence-electron chi connectivity index (χ3n) is 2.72. The fourth-order valence-electron chi connectivity index (χ4n) is 1.75. The molecule has 1 aliphatic rings. The average Bonchev–Trinajstić information content (AvgIpc) is 2.96. The van der Waals surface area contributed by atoms with Crippen molar-refractivity contribution in [2.24, 2.45) is 0 Å². The number of aromatic nitrogens is 3. The molecule has 16 heavy (non-hydrogen) atoms. The third-order valence-corrected chi connectivity index (χ3v) is 3.44. The van der Waals surface area contributed by atoms with E-state index in [9.17, 15) is 0 Å². The molecule has 0 aliphatic carbocycles. The van der Waals surface area contributed by atoms with E-state index in [1.807, 2.05) is 12.3 Å². The summed E-state index contributed by atoms with van der Waals surface area (Å²) in [6, 6.07) is 0. The van der Waals surface area contributed by atoms with Crippen LogP contribution in [0.15, 0.2) is 9.90 Å². The predicted molar refractivity (Wildman–Crippen MR) is 58.3 cm³/mol. The van der Waals surface area contributed by atoms with E-state index in [2.05, 4.69) is 14.5 Å². The summed E-state index contributed by atoms with van der Waals surface area (Å²) in [5, 5.41) is 5.93. The Morgan fingerprint density at radius 3 is 3.12 bits per heavy atom. The van der Waals surface area contributed by atoms with E-state index < -0.39 is 0 Å². The monoisotopic (exact) mass is 237 g/mol. The fraction of sp³-hybridized carbons (Fsp3) is 0.500. The Bertz CT molecular complexity index is 488. The number of ether oxygens (including phenoxy) is 1. The molecule has 0 spiro atoms. The highest BCUT2D eigenvalue weighted by Crippen LogP contribution is 2.27. The lowest BCUT2D eigenvalue weighted by molar-refractivity contribution is 0.192. The minimum atomic E-state index is 0.282. The summed E-state index contributed by atoms with van der Waals surface area (Å²) in [7, 11) is 0. The molecule has 5 nitrogen and oxygen atoms in total. The SMILES string of the molecule is Cc1nscc1-c1nc([C@H]2CCOC2)no1. The topological polar surface area (TPSA) is 61.0 Å². The van der Waals surface area contributed by atoms with E-state index >= 15 is 0 Å². The predicted octanol–water partition coefficient (Wildman–Crippen LogP) is 2.01. The van der Waals surface area contributed by atoms with Crippen molar-refractivity contribution in [1.82, 2.24) is 14.5 Å². The second-order valence-electron chi connectivity index (χ2n) is 3.83. The van der Waals surface area contributed by atoms with Crippen molar-refractivity contribution >= 4 is 11.5 Å². The molecule has 3 heterocycles. The zero-order valence-electron chi connectivity index (χ0n) is 8.84. The minimum Gasteiger partial charge on any atom is -0.381 e. The van der Waals surface area contributed by atoms with E-state index in [1.54, 1.807) is 0 Å². The van der Waals surface area contributed by atoms with Crippen molar-refractivity contribution < 1.29 is 9.26 Å². The lowest BCUT2D eigenvalue weighted by atomic mass is 10.1. The molecule has 84 valence electrons. The van der Waals surface area contributed by atoms with E-state index in [1.165, 1.54) is 11.5 Å². The summed E-state index contributed by atoms with van der Waals surface area (Å²) < 4.78 is 14.7. The molecule has 0 amide bonds. The highest BCUT2D eigenvalue weighted by molar-refractivity contribution is 7.04. The first-order valence-corrected chi connectivity index (χ1v) is 6.01. The third kappa shape index (κ3) is 1.64. The molecule has 0 bridgehead atoms. The molecular formula is C10H11N3O2S. The summed E-state index contributed by atoms with van der Waals surface area (Å²) in [5.74, 6) is 1.59. The van der Waals surface area contributed by atoms with Gasteiger partial charge >= 0.3 is 0 Å². The highest BCUT2D eigenvalue weighted by atomic mass is 32.1. The van der Waals surface area contributed by atoms with Gasteiger partial charge in [0.2, 0.25) is 0 Å². The van der Waals surface area contributed by atoms with Gasteiger partial charge in [0.15, 0.2) is 5.82 Å². The van der Waals surface area contributed by atoms with Crippen molar-refractivity contribution in [3.63, 3.8) is 0 Å². The van der Waals surface area contributed by atoms with Gasteiger partial charge in [-0.25, -0.2) is 0 Å². The smallest absolute Gasteiger partial charge is 0.260 e. The van der Waals surface area contributed by atoms with Gasteiger partial charge < -0.3 is 9.26 Å². The second kappa shape index (κ2) is 3.95. The molecule has 6 heteroatoms. The highest BCUT2D eigenvalue weighted by Gasteiger charge is 2.24. The van der Waals surface area contributed by atoms with E-state index in [-0.39, 0.29) is 5.92 Å². The van der Waals surface area contributed by atoms with Crippen LogP contribution in [0, 0.1) is 6.92 Å². The number of hydrogen-bond acceptors (Lipinski definition) is 6. The Morgan fingerprint density at radius 1 is 1.50 bits per heavy atom. The van der Waals surface area contributed by atoms with Crippen molar-refractivity contribution in [3.05, 3.63) is 16.9 Å². The molecular weight excluding hydrogens is 226 g/mol. The first-order valence-electron chi connectivity index (χ1n) is 5.17. The molecule has 1 aliphatic heterocycles. The van der Waals surface area contributed by atoms with Gasteiger partial charge in [0, 0.05) is 17.9 Å². The number of nitrogens with zero attached hydrogens (tertiary/aromatic N) is 3. The van der Waals surface area contributed by atoms with Gasteiger partial charge in [0.05, 0.1) is 17.9 Å². The Labute approximate surface area is 96.6 Å². The molecule has 0 saturated carbocycles. The van der Waals surface area contributed by atoms with Crippen LogP contribution in [0.1, 0.15) is 23.9 Å². The van der Waals surface area contributed by atoms with Gasteiger partial charge in [-0.1, -0.05) is 5.16 Å². The molecule has 0 radical (unpaired) electrons. The summed E-state index contributed by atoms with van der Waals surface area (Å²) >= 11 is 1.40. The van der Waals surface area contributed by atoms with Gasteiger partial charge in [-0.15, -0.1) is 0 Å². The standard InChI is InChI=1S/C10H11N3O2S/c1-6-8(5-16-13-6)10-11-9(12-15-10)7-2-3-14-4-7/h5,7H,2-4H2,1H3/t7-/m0/s1. The molecule has 1 fully saturated rings. The van der Waals surface area contributed by atoms with Crippen LogP contribution in [0.3, 0.4) is 0 Å². The zero-order chi connectivity index (χ0) is 11.0. The molecule has 1 saturated heterocycles. The Hall–Kier alpha value is -1.27. The van der Waals surface area contributed by atoms with Crippen LogP contribution >= 0.6 is 11.5 Å². The fourth-order valence-corrected chi connectivity index (χ4v) is 2.43. The largest absolute Gasteiger partial charge is 0.381 e. The van der Waals surface area contributed by atoms with Crippen molar-refractivity contribution in [2.45, 2.75) is 19.3 Å². The summed E-state index contributed by atoms with van der Waals surface area (Å²) in [6.07, 6.45) is 0.972. The Morgan fingerprint density at radius 2 is 2.44 bits per heavy atom. The Balaban J connectivity index is 1.90. The number of rotatable bonds is 2. The molecule has 0 unspecified atom stereocenters. The normalized spacial score (nSPS) is 20.4. The van der Waals surface area contributed by atoms with Gasteiger partial charge in [-0.2, -0.15) is 9.36 Å². The van der Waals surface area contributed by atoms with Gasteiger partial charge in [0.1, 0.15) is 0 Å². The molecule has 0 N–H and O–H groups in total. The van der Waals surface area contributed by atoms with Crippen molar-refractivity contribution in [1.29, 1.82) is 0 Å². The van der Waals surface area contributed by atoms with Crippen LogP contribution in [-0.4, -0.2) is 27.7 Å². The van der Waals surface area contributed by atoms with E-state index in [0.29, 0.717) is 12.5 Å². The maximum atomic E-state index is 5.30. The first-order chi connectivity index (χ1) is 7.84. The summed E-state index contributed by atoms with van der Waals surface area (Å²) in [4.78, 5) is 4.40. The van der Waals surface area contributed by atoms with Crippen molar-refractivity contribution in [2.75, 3.05) is 13.2 Å². The van der Waals surface area contributed by atoms with Crippen LogP contribution in [0.5, 0.6) is 0 Å². The van der Waals surface area contributed by atoms with Crippen LogP contribution in [0.2, 0.25) is 0 Å². The van der Waals surface area contributed by atoms with Gasteiger partial charge in [0.25, 0.3) is 5.89 Å². The molecule has 1 atom stereocenters. The maximum Gasteiger partial charge on any atom is 0.260 e. The maximum absolute atomic E-state index is 5.30. The Kier molecular flexibility index (Phi) is 2.45. The lowest BCUT2D eigenvalue weighted by Crippen LogP contribution is -1.99. The second-order valence-corrected chi connectivity index (χ2v) is 4.46. The number of hydrogen-bond donors (Lipinski definition) is 0. The average molecular weight is 237 g/mol. The van der Waals surface area contributed by atoms with Crippen LogP contribution in [-0.2, 0) is 4.74 Å². The van der Waals surface area contributed by atoms with Gasteiger partial charge in [-0.05, 0) is 24.9 Å². The minimum absolute atomic E-state index is 0.282.